The summed E-state index contributed by atoms with van der Waals surface area (Å²) in [6, 6.07) is 13.2. The first-order valence-corrected chi connectivity index (χ1v) is 9.30. The van der Waals surface area contributed by atoms with E-state index < -0.39 is 11.8 Å². The minimum Gasteiger partial charge on any atom is -0.497 e. The average molecular weight is 417 g/mol. The molecule has 8 nitrogen and oxygen atoms in total. The normalized spacial score (nSPS) is 10.0. The number of hydrogen-bond acceptors (Lipinski definition) is 6. The Morgan fingerprint density at radius 2 is 1.69 bits per heavy atom. The molecule has 2 aromatic carbocycles. The van der Waals surface area contributed by atoms with Crippen molar-refractivity contribution in [2.75, 3.05) is 26.9 Å². The van der Waals surface area contributed by atoms with Gasteiger partial charge in [-0.15, -0.1) is 0 Å². The van der Waals surface area contributed by atoms with Crippen molar-refractivity contribution in [2.24, 2.45) is 0 Å². The Kier molecular flexibility index (Phi) is 8.87. The first-order chi connectivity index (χ1) is 14.0. The zero-order valence-corrected chi connectivity index (χ0v) is 17.0. The van der Waals surface area contributed by atoms with Gasteiger partial charge >= 0.3 is 0 Å². The molecular formula is C20H23N3O5S. The molecule has 3 N–H and O–H groups in total. The van der Waals surface area contributed by atoms with Crippen LogP contribution in [-0.4, -0.2) is 43.9 Å². The molecule has 0 saturated heterocycles. The summed E-state index contributed by atoms with van der Waals surface area (Å²) in [5.41, 5.74) is 5.69. The number of nitrogens with one attached hydrogen (secondary N) is 3. The van der Waals surface area contributed by atoms with Gasteiger partial charge in [-0.05, 0) is 61.6 Å². The summed E-state index contributed by atoms with van der Waals surface area (Å²) in [4.78, 5) is 24.4. The van der Waals surface area contributed by atoms with Gasteiger partial charge in [0.2, 0.25) is 0 Å². The summed E-state index contributed by atoms with van der Waals surface area (Å²) in [5.74, 6) is 0.343. The third-order valence-electron chi connectivity index (χ3n) is 3.67. The van der Waals surface area contributed by atoms with E-state index in [1.165, 1.54) is 0 Å². The van der Waals surface area contributed by atoms with Crippen LogP contribution in [0.15, 0.2) is 48.5 Å². The third-order valence-corrected chi connectivity index (χ3v) is 3.87. The lowest BCUT2D eigenvalue weighted by Gasteiger charge is -2.12. The van der Waals surface area contributed by atoms with Crippen LogP contribution >= 0.6 is 12.2 Å². The fourth-order valence-electron chi connectivity index (χ4n) is 2.22. The highest BCUT2D eigenvalue weighted by Crippen LogP contribution is 2.13. The lowest BCUT2D eigenvalue weighted by Crippen LogP contribution is -2.48. The first-order valence-electron chi connectivity index (χ1n) is 8.89. The molecule has 0 aliphatic carbocycles. The second kappa shape index (κ2) is 11.6. The Morgan fingerprint density at radius 1 is 0.931 bits per heavy atom. The molecule has 0 atom stereocenters. The van der Waals surface area contributed by atoms with Gasteiger partial charge < -0.3 is 14.2 Å². The average Bonchev–Trinajstić information content (AvgIpc) is 2.75. The quantitative estimate of drug-likeness (QED) is 0.344. The SMILES string of the molecule is CCOCCOc1cccc(C(=O)NC(=S)NNC(=O)c2ccc(OC)cc2)c1. The molecule has 0 heterocycles. The smallest absolute Gasteiger partial charge is 0.269 e. The second-order valence-corrected chi connectivity index (χ2v) is 6.07. The van der Waals surface area contributed by atoms with Crippen LogP contribution in [0.3, 0.4) is 0 Å². The number of amides is 2. The summed E-state index contributed by atoms with van der Waals surface area (Å²) >= 11 is 5.04. The second-order valence-electron chi connectivity index (χ2n) is 5.66. The van der Waals surface area contributed by atoms with Crippen molar-refractivity contribution >= 4 is 29.1 Å². The van der Waals surface area contributed by atoms with E-state index in [0.29, 0.717) is 42.4 Å². The largest absolute Gasteiger partial charge is 0.497 e. The Morgan fingerprint density at radius 3 is 2.38 bits per heavy atom. The van der Waals surface area contributed by atoms with Crippen molar-refractivity contribution in [1.29, 1.82) is 0 Å². The van der Waals surface area contributed by atoms with Crippen LogP contribution in [0.2, 0.25) is 0 Å². The Bertz CT molecular complexity index is 842. The fraction of sp³-hybridized carbons (Fsp3) is 0.250. The molecule has 2 rings (SSSR count). The molecule has 0 aliphatic rings. The molecule has 0 saturated carbocycles. The molecule has 0 aliphatic heterocycles. The molecule has 0 fully saturated rings. The number of ether oxygens (including phenoxy) is 3. The van der Waals surface area contributed by atoms with Crippen molar-refractivity contribution in [1.82, 2.24) is 16.2 Å². The summed E-state index contributed by atoms with van der Waals surface area (Å²) < 4.78 is 15.8. The maximum absolute atomic E-state index is 12.3. The number of carbonyl (C=O) groups excluding carboxylic acids is 2. The van der Waals surface area contributed by atoms with Gasteiger partial charge in [0.15, 0.2) is 5.11 Å². The highest BCUT2D eigenvalue weighted by molar-refractivity contribution is 7.80. The van der Waals surface area contributed by atoms with E-state index >= 15 is 0 Å². The van der Waals surface area contributed by atoms with E-state index in [1.807, 2.05) is 6.92 Å². The number of thiocarbonyl (C=S) groups is 1. The predicted octanol–water partition coefficient (Wildman–Crippen LogP) is 2.06. The molecule has 0 radical (unpaired) electrons. The number of benzene rings is 2. The van der Waals surface area contributed by atoms with Gasteiger partial charge in [-0.3, -0.25) is 25.8 Å². The monoisotopic (exact) mass is 417 g/mol. The fourth-order valence-corrected chi connectivity index (χ4v) is 2.37. The molecule has 0 spiro atoms. The number of methoxy groups -OCH3 is 1. The number of hydrogen-bond donors (Lipinski definition) is 3. The summed E-state index contributed by atoms with van der Waals surface area (Å²) in [5, 5.41) is 2.45. The van der Waals surface area contributed by atoms with Crippen molar-refractivity contribution < 1.29 is 23.8 Å². The Hall–Kier alpha value is -3.17. The van der Waals surface area contributed by atoms with Gasteiger partial charge in [-0.2, -0.15) is 0 Å². The topological polar surface area (TPSA) is 97.9 Å². The molecule has 2 aromatic rings. The maximum atomic E-state index is 12.3. The zero-order chi connectivity index (χ0) is 21.1. The highest BCUT2D eigenvalue weighted by Gasteiger charge is 2.10. The van der Waals surface area contributed by atoms with Crippen LogP contribution in [0, 0.1) is 0 Å². The Labute approximate surface area is 174 Å². The van der Waals surface area contributed by atoms with Crippen molar-refractivity contribution in [3.05, 3.63) is 59.7 Å². The van der Waals surface area contributed by atoms with E-state index in [-0.39, 0.29) is 5.11 Å². The van der Waals surface area contributed by atoms with Crippen LogP contribution in [0.25, 0.3) is 0 Å². The predicted molar refractivity (Wildman–Crippen MR) is 112 cm³/mol. The van der Waals surface area contributed by atoms with Gasteiger partial charge in [0.25, 0.3) is 11.8 Å². The summed E-state index contributed by atoms with van der Waals surface area (Å²) in [7, 11) is 1.54. The minimum atomic E-state index is -0.434. The van der Waals surface area contributed by atoms with E-state index in [0.717, 1.165) is 0 Å². The standard InChI is InChI=1S/C20H23N3O5S/c1-3-27-11-12-28-17-6-4-5-15(13-17)18(24)21-20(29)23-22-19(25)14-7-9-16(26-2)10-8-14/h4-10,13H,3,11-12H2,1-2H3,(H,22,25)(H2,21,23,24,29). The van der Waals surface area contributed by atoms with Gasteiger partial charge in [0, 0.05) is 17.7 Å². The molecule has 9 heteroatoms. The van der Waals surface area contributed by atoms with Crippen molar-refractivity contribution in [2.45, 2.75) is 6.92 Å². The highest BCUT2D eigenvalue weighted by atomic mass is 32.1. The summed E-state index contributed by atoms with van der Waals surface area (Å²) in [6.45, 7) is 3.37. The zero-order valence-electron chi connectivity index (χ0n) is 16.2. The lowest BCUT2D eigenvalue weighted by atomic mass is 10.2. The Balaban J connectivity index is 1.82. The first kappa shape index (κ1) is 22.1. The van der Waals surface area contributed by atoms with Gasteiger partial charge in [-0.25, -0.2) is 0 Å². The molecular weight excluding hydrogens is 394 g/mol. The molecule has 154 valence electrons. The van der Waals surface area contributed by atoms with E-state index in [9.17, 15) is 9.59 Å². The van der Waals surface area contributed by atoms with Gasteiger partial charge in [0.05, 0.1) is 13.7 Å². The van der Waals surface area contributed by atoms with Crippen LogP contribution < -0.4 is 25.6 Å². The van der Waals surface area contributed by atoms with Crippen LogP contribution in [0.1, 0.15) is 27.6 Å². The number of carbonyl (C=O) groups is 2. The van der Waals surface area contributed by atoms with E-state index in [2.05, 4.69) is 16.2 Å². The van der Waals surface area contributed by atoms with Crippen LogP contribution in [-0.2, 0) is 4.74 Å². The van der Waals surface area contributed by atoms with Crippen LogP contribution in [0.4, 0.5) is 0 Å². The third kappa shape index (κ3) is 7.40. The molecule has 0 aromatic heterocycles. The van der Waals surface area contributed by atoms with E-state index in [1.54, 1.807) is 55.6 Å². The number of rotatable bonds is 8. The van der Waals surface area contributed by atoms with Gasteiger partial charge in [-0.1, -0.05) is 6.07 Å². The number of hydrazine groups is 1. The molecule has 0 unspecified atom stereocenters. The maximum Gasteiger partial charge on any atom is 0.269 e. The van der Waals surface area contributed by atoms with Gasteiger partial charge in [0.1, 0.15) is 18.1 Å². The van der Waals surface area contributed by atoms with Crippen molar-refractivity contribution in [3.63, 3.8) is 0 Å². The molecule has 2 amide bonds. The molecule has 29 heavy (non-hydrogen) atoms. The van der Waals surface area contributed by atoms with E-state index in [4.69, 9.17) is 26.4 Å². The minimum absolute atomic E-state index is 0.0421. The molecule has 0 bridgehead atoms. The van der Waals surface area contributed by atoms with Crippen LogP contribution in [0.5, 0.6) is 11.5 Å². The lowest BCUT2D eigenvalue weighted by molar-refractivity contribution is 0.0934. The summed E-state index contributed by atoms with van der Waals surface area (Å²) in [6.07, 6.45) is 0. The van der Waals surface area contributed by atoms with Crippen molar-refractivity contribution in [3.8, 4) is 11.5 Å².